The Bertz CT molecular complexity index is 1330. The summed E-state index contributed by atoms with van der Waals surface area (Å²) in [7, 11) is 1.50. The van der Waals surface area contributed by atoms with Crippen LogP contribution in [0.2, 0.25) is 5.02 Å². The first-order chi connectivity index (χ1) is 15.0. The lowest BCUT2D eigenvalue weighted by molar-refractivity contribution is -0.118. The predicted octanol–water partition coefficient (Wildman–Crippen LogP) is 5.50. The molecule has 1 amide bonds. The summed E-state index contributed by atoms with van der Waals surface area (Å²) < 4.78 is 22.5. The van der Waals surface area contributed by atoms with E-state index in [4.69, 9.17) is 29.9 Å². The normalized spacial score (nSPS) is 10.8. The molecule has 31 heavy (non-hydrogen) atoms. The number of nitrogens with one attached hydrogen (secondary N) is 1. The van der Waals surface area contributed by atoms with Gasteiger partial charge in [-0.05, 0) is 58.4 Å². The molecule has 0 aliphatic heterocycles. The van der Waals surface area contributed by atoms with Crippen LogP contribution in [0.1, 0.15) is 0 Å². The smallest absolute Gasteiger partial charge is 0.262 e. The standard InChI is InChI=1S/C22H15BrClNO6/c1-28-16-7-6-12(10-14(16)24)25-19(26)11-29-22-20(27)13-4-2-3-5-15(13)31-21(22)17-8-9-18(23)30-17/h2-10H,11H2,1H3,(H,25,26). The van der Waals surface area contributed by atoms with E-state index in [-0.39, 0.29) is 17.3 Å². The number of halogens is 2. The minimum absolute atomic E-state index is 0.0923. The number of anilines is 1. The Morgan fingerprint density at radius 3 is 2.65 bits per heavy atom. The van der Waals surface area contributed by atoms with Gasteiger partial charge in [-0.3, -0.25) is 9.59 Å². The lowest BCUT2D eigenvalue weighted by Crippen LogP contribution is -2.22. The maximum absolute atomic E-state index is 13.0. The van der Waals surface area contributed by atoms with Gasteiger partial charge in [0.05, 0.1) is 17.5 Å². The molecule has 0 aliphatic rings. The molecule has 0 atom stereocenters. The fourth-order valence-corrected chi connectivity index (χ4v) is 3.50. The Labute approximate surface area is 189 Å². The van der Waals surface area contributed by atoms with Crippen LogP contribution >= 0.6 is 27.5 Å². The van der Waals surface area contributed by atoms with Crippen LogP contribution in [-0.2, 0) is 4.79 Å². The molecular formula is C22H15BrClNO6. The van der Waals surface area contributed by atoms with E-state index in [0.717, 1.165) is 0 Å². The minimum Gasteiger partial charge on any atom is -0.495 e. The first-order valence-electron chi connectivity index (χ1n) is 9.04. The number of amides is 1. The summed E-state index contributed by atoms with van der Waals surface area (Å²) in [4.78, 5) is 25.4. The number of methoxy groups -OCH3 is 1. The van der Waals surface area contributed by atoms with E-state index >= 15 is 0 Å². The van der Waals surface area contributed by atoms with Gasteiger partial charge in [0.1, 0.15) is 11.3 Å². The predicted molar refractivity (Wildman–Crippen MR) is 120 cm³/mol. The second-order valence-electron chi connectivity index (χ2n) is 6.38. The van der Waals surface area contributed by atoms with Crippen molar-refractivity contribution >= 4 is 50.1 Å². The first kappa shape index (κ1) is 21.0. The van der Waals surface area contributed by atoms with Gasteiger partial charge in [0.15, 0.2) is 17.0 Å². The van der Waals surface area contributed by atoms with Crippen LogP contribution in [0.25, 0.3) is 22.5 Å². The summed E-state index contributed by atoms with van der Waals surface area (Å²) in [6, 6.07) is 14.9. The molecule has 2 heterocycles. The maximum atomic E-state index is 13.0. The highest BCUT2D eigenvalue weighted by atomic mass is 79.9. The highest BCUT2D eigenvalue weighted by Crippen LogP contribution is 2.33. The molecule has 0 radical (unpaired) electrons. The summed E-state index contributed by atoms with van der Waals surface area (Å²) >= 11 is 9.30. The fourth-order valence-electron chi connectivity index (χ4n) is 2.93. The Morgan fingerprint density at radius 2 is 1.94 bits per heavy atom. The molecule has 0 spiro atoms. The zero-order valence-electron chi connectivity index (χ0n) is 16.1. The maximum Gasteiger partial charge on any atom is 0.262 e. The lowest BCUT2D eigenvalue weighted by atomic mass is 10.2. The Morgan fingerprint density at radius 1 is 1.13 bits per heavy atom. The molecule has 0 saturated heterocycles. The van der Waals surface area contributed by atoms with Crippen molar-refractivity contribution in [2.75, 3.05) is 19.0 Å². The van der Waals surface area contributed by atoms with Gasteiger partial charge in [0.2, 0.25) is 16.9 Å². The third-order valence-electron chi connectivity index (χ3n) is 4.34. The number of ether oxygens (including phenoxy) is 2. The number of hydrogen-bond acceptors (Lipinski definition) is 6. The molecule has 0 fully saturated rings. The number of para-hydroxylation sites is 1. The molecule has 4 rings (SSSR count). The van der Waals surface area contributed by atoms with Gasteiger partial charge < -0.3 is 23.6 Å². The molecule has 2 aromatic carbocycles. The van der Waals surface area contributed by atoms with Crippen LogP contribution in [0.4, 0.5) is 5.69 Å². The zero-order valence-corrected chi connectivity index (χ0v) is 18.5. The number of fused-ring (bicyclic) bond motifs is 1. The quantitative estimate of drug-likeness (QED) is 0.373. The van der Waals surface area contributed by atoms with Gasteiger partial charge >= 0.3 is 0 Å². The van der Waals surface area contributed by atoms with Crippen molar-refractivity contribution in [3.05, 3.63) is 74.5 Å². The van der Waals surface area contributed by atoms with Crippen molar-refractivity contribution < 1.29 is 23.1 Å². The SMILES string of the molecule is COc1ccc(NC(=O)COc2c(-c3ccc(Br)o3)oc3ccccc3c2=O)cc1Cl. The van der Waals surface area contributed by atoms with Crippen LogP contribution in [0, 0.1) is 0 Å². The molecular weight excluding hydrogens is 490 g/mol. The number of carbonyl (C=O) groups excluding carboxylic acids is 1. The number of benzene rings is 2. The summed E-state index contributed by atoms with van der Waals surface area (Å²) in [5.74, 6) is 0.254. The molecule has 7 nitrogen and oxygen atoms in total. The average molecular weight is 505 g/mol. The van der Waals surface area contributed by atoms with Crippen LogP contribution in [0.5, 0.6) is 11.5 Å². The van der Waals surface area contributed by atoms with Crippen molar-refractivity contribution in [2.45, 2.75) is 0 Å². The Balaban J connectivity index is 1.61. The van der Waals surface area contributed by atoms with E-state index < -0.39 is 17.9 Å². The lowest BCUT2D eigenvalue weighted by Gasteiger charge is -2.11. The highest BCUT2D eigenvalue weighted by molar-refractivity contribution is 9.10. The Kier molecular flexibility index (Phi) is 6.01. The molecule has 0 saturated carbocycles. The van der Waals surface area contributed by atoms with Crippen molar-refractivity contribution in [2.24, 2.45) is 0 Å². The molecule has 9 heteroatoms. The van der Waals surface area contributed by atoms with E-state index in [2.05, 4.69) is 21.2 Å². The molecule has 158 valence electrons. The summed E-state index contributed by atoms with van der Waals surface area (Å²) in [6.07, 6.45) is 0. The molecule has 0 bridgehead atoms. The first-order valence-corrected chi connectivity index (χ1v) is 10.2. The van der Waals surface area contributed by atoms with Crippen molar-refractivity contribution in [3.8, 4) is 23.0 Å². The van der Waals surface area contributed by atoms with Gasteiger partial charge in [-0.15, -0.1) is 0 Å². The molecule has 2 aromatic heterocycles. The second-order valence-corrected chi connectivity index (χ2v) is 7.56. The number of hydrogen-bond donors (Lipinski definition) is 1. The number of rotatable bonds is 6. The van der Waals surface area contributed by atoms with Crippen molar-refractivity contribution in [1.82, 2.24) is 0 Å². The number of furan rings is 1. The fraction of sp³-hybridized carbons (Fsp3) is 0.0909. The third-order valence-corrected chi connectivity index (χ3v) is 5.06. The van der Waals surface area contributed by atoms with Crippen molar-refractivity contribution in [3.63, 3.8) is 0 Å². The van der Waals surface area contributed by atoms with Gasteiger partial charge in [-0.25, -0.2) is 0 Å². The summed E-state index contributed by atoms with van der Waals surface area (Å²) in [5, 5.41) is 3.33. The second kappa shape index (κ2) is 8.87. The topological polar surface area (TPSA) is 90.9 Å². The summed E-state index contributed by atoms with van der Waals surface area (Å²) in [6.45, 7) is -0.429. The van der Waals surface area contributed by atoms with Crippen LogP contribution in [0.3, 0.4) is 0 Å². The number of carbonyl (C=O) groups is 1. The molecule has 0 unspecified atom stereocenters. The molecule has 4 aromatic rings. The minimum atomic E-state index is -0.486. The van der Waals surface area contributed by atoms with E-state index in [1.807, 2.05) is 0 Å². The molecule has 0 aliphatic carbocycles. The van der Waals surface area contributed by atoms with Crippen LogP contribution in [0.15, 0.2) is 72.9 Å². The van der Waals surface area contributed by atoms with E-state index in [0.29, 0.717) is 32.1 Å². The monoisotopic (exact) mass is 503 g/mol. The third kappa shape index (κ3) is 4.45. The summed E-state index contributed by atoms with van der Waals surface area (Å²) in [5.41, 5.74) is 0.421. The highest BCUT2D eigenvalue weighted by Gasteiger charge is 2.21. The van der Waals surface area contributed by atoms with Crippen molar-refractivity contribution in [1.29, 1.82) is 0 Å². The van der Waals surface area contributed by atoms with Gasteiger partial charge in [-0.1, -0.05) is 23.7 Å². The zero-order chi connectivity index (χ0) is 22.0. The van der Waals surface area contributed by atoms with Crippen LogP contribution in [-0.4, -0.2) is 19.6 Å². The van der Waals surface area contributed by atoms with E-state index in [1.165, 1.54) is 7.11 Å². The van der Waals surface area contributed by atoms with E-state index in [9.17, 15) is 9.59 Å². The van der Waals surface area contributed by atoms with Crippen LogP contribution < -0.4 is 20.2 Å². The Hall–Kier alpha value is -3.23. The van der Waals surface area contributed by atoms with E-state index in [1.54, 1.807) is 54.6 Å². The largest absolute Gasteiger partial charge is 0.495 e. The average Bonchev–Trinajstić information content (AvgIpc) is 3.19. The van der Waals surface area contributed by atoms with Gasteiger partial charge in [0, 0.05) is 5.69 Å². The van der Waals surface area contributed by atoms with Gasteiger partial charge in [-0.2, -0.15) is 0 Å². The van der Waals surface area contributed by atoms with Gasteiger partial charge in [0.25, 0.3) is 5.91 Å². The molecule has 1 N–H and O–H groups in total.